The van der Waals surface area contributed by atoms with Crippen LogP contribution < -0.4 is 5.32 Å². The molecule has 0 aliphatic carbocycles. The van der Waals surface area contributed by atoms with Crippen molar-refractivity contribution in [1.82, 2.24) is 5.32 Å². The molecule has 0 aromatic carbocycles. The summed E-state index contributed by atoms with van der Waals surface area (Å²) in [5.74, 6) is 0. The molecule has 78 valence electrons. The summed E-state index contributed by atoms with van der Waals surface area (Å²) >= 11 is 5.21. The van der Waals surface area contributed by atoms with Gasteiger partial charge in [-0.1, -0.05) is 6.92 Å². The van der Waals surface area contributed by atoms with E-state index in [-0.39, 0.29) is 6.10 Å². The predicted molar refractivity (Wildman–Crippen MR) is 62.8 cm³/mol. The molecule has 1 N–H and O–H groups in total. The first kappa shape index (κ1) is 10.6. The highest BCUT2D eigenvalue weighted by atomic mass is 79.9. The fourth-order valence-electron chi connectivity index (χ4n) is 1.57. The van der Waals surface area contributed by atoms with Crippen LogP contribution in [0, 0.1) is 0 Å². The summed E-state index contributed by atoms with van der Waals surface area (Å²) in [5, 5.41) is 5.59. The highest BCUT2D eigenvalue weighted by Gasteiger charge is 2.21. The second-order valence-electron chi connectivity index (χ2n) is 3.50. The molecule has 0 spiro atoms. The van der Waals surface area contributed by atoms with Gasteiger partial charge >= 0.3 is 0 Å². The van der Waals surface area contributed by atoms with E-state index in [4.69, 9.17) is 4.74 Å². The van der Waals surface area contributed by atoms with Gasteiger partial charge in [-0.05, 0) is 28.4 Å². The Morgan fingerprint density at radius 3 is 3.07 bits per heavy atom. The lowest BCUT2D eigenvalue weighted by molar-refractivity contribution is 0.00423. The van der Waals surface area contributed by atoms with Crippen molar-refractivity contribution in [1.29, 1.82) is 0 Å². The van der Waals surface area contributed by atoms with E-state index >= 15 is 0 Å². The first-order valence-electron chi connectivity index (χ1n) is 4.88. The second-order valence-corrected chi connectivity index (χ2v) is 5.36. The number of hydrogen-bond donors (Lipinski definition) is 1. The van der Waals surface area contributed by atoms with Gasteiger partial charge in [-0.25, -0.2) is 0 Å². The van der Waals surface area contributed by atoms with Crippen LogP contribution in [0.4, 0.5) is 0 Å². The Labute approximate surface area is 96.8 Å². The fourth-order valence-corrected chi connectivity index (χ4v) is 3.06. The van der Waals surface area contributed by atoms with E-state index in [1.807, 2.05) is 0 Å². The Balaban J connectivity index is 1.95. The lowest BCUT2D eigenvalue weighted by Gasteiger charge is -2.29. The summed E-state index contributed by atoms with van der Waals surface area (Å²) in [5.41, 5.74) is 0. The van der Waals surface area contributed by atoms with Crippen molar-refractivity contribution >= 4 is 27.3 Å². The van der Waals surface area contributed by atoms with Crippen molar-refractivity contribution in [2.75, 3.05) is 13.2 Å². The van der Waals surface area contributed by atoms with E-state index in [2.05, 4.69) is 39.6 Å². The lowest BCUT2D eigenvalue weighted by Crippen LogP contribution is -2.42. The third kappa shape index (κ3) is 2.37. The van der Waals surface area contributed by atoms with Crippen molar-refractivity contribution in [3.63, 3.8) is 0 Å². The van der Waals surface area contributed by atoms with E-state index in [1.165, 1.54) is 4.88 Å². The SMILES string of the molecule is CCC1COC(c2cc(Br)cs2)CN1. The number of morpholine rings is 1. The first-order chi connectivity index (χ1) is 6.79. The summed E-state index contributed by atoms with van der Waals surface area (Å²) in [6, 6.07) is 2.68. The Morgan fingerprint density at radius 2 is 2.57 bits per heavy atom. The van der Waals surface area contributed by atoms with Gasteiger partial charge in [-0.2, -0.15) is 0 Å². The van der Waals surface area contributed by atoms with Gasteiger partial charge in [0.15, 0.2) is 0 Å². The topological polar surface area (TPSA) is 21.3 Å². The van der Waals surface area contributed by atoms with E-state index < -0.39 is 0 Å². The minimum atomic E-state index is 0.245. The number of hydrogen-bond acceptors (Lipinski definition) is 3. The van der Waals surface area contributed by atoms with Crippen molar-refractivity contribution in [3.05, 3.63) is 20.8 Å². The quantitative estimate of drug-likeness (QED) is 0.896. The molecule has 1 saturated heterocycles. The van der Waals surface area contributed by atoms with Crippen LogP contribution in [0.5, 0.6) is 0 Å². The van der Waals surface area contributed by atoms with Gasteiger partial charge in [0, 0.05) is 27.3 Å². The van der Waals surface area contributed by atoms with Gasteiger partial charge < -0.3 is 10.1 Å². The Bertz CT molecular complexity index is 294. The third-order valence-electron chi connectivity index (χ3n) is 2.49. The largest absolute Gasteiger partial charge is 0.370 e. The maximum absolute atomic E-state index is 5.81. The highest BCUT2D eigenvalue weighted by molar-refractivity contribution is 9.10. The molecule has 0 bridgehead atoms. The van der Waals surface area contributed by atoms with Crippen LogP contribution in [-0.2, 0) is 4.74 Å². The average molecular weight is 276 g/mol. The molecule has 0 radical (unpaired) electrons. The molecule has 2 rings (SSSR count). The zero-order chi connectivity index (χ0) is 9.97. The number of thiophene rings is 1. The Hall–Kier alpha value is 0.1000. The lowest BCUT2D eigenvalue weighted by atomic mass is 10.1. The van der Waals surface area contributed by atoms with Crippen LogP contribution in [0.1, 0.15) is 24.3 Å². The zero-order valence-corrected chi connectivity index (χ0v) is 10.5. The summed E-state index contributed by atoms with van der Waals surface area (Å²) < 4.78 is 6.96. The Kier molecular flexibility index (Phi) is 3.60. The molecule has 1 aromatic rings. The van der Waals surface area contributed by atoms with Crippen LogP contribution in [0.25, 0.3) is 0 Å². The fraction of sp³-hybridized carbons (Fsp3) is 0.600. The van der Waals surface area contributed by atoms with Crippen LogP contribution in [0.2, 0.25) is 0 Å². The van der Waals surface area contributed by atoms with Gasteiger partial charge in [0.05, 0.1) is 6.61 Å². The molecule has 2 atom stereocenters. The monoisotopic (exact) mass is 275 g/mol. The number of nitrogens with one attached hydrogen (secondary N) is 1. The van der Waals surface area contributed by atoms with Gasteiger partial charge in [0.25, 0.3) is 0 Å². The van der Waals surface area contributed by atoms with Crippen molar-refractivity contribution in [2.24, 2.45) is 0 Å². The second kappa shape index (κ2) is 4.75. The van der Waals surface area contributed by atoms with Gasteiger partial charge in [0.2, 0.25) is 0 Å². The summed E-state index contributed by atoms with van der Waals surface area (Å²) in [4.78, 5) is 1.30. The van der Waals surface area contributed by atoms with E-state index in [0.717, 1.165) is 24.0 Å². The molecule has 2 heterocycles. The van der Waals surface area contributed by atoms with Gasteiger partial charge in [-0.15, -0.1) is 11.3 Å². The number of ether oxygens (including phenoxy) is 1. The summed E-state index contributed by atoms with van der Waals surface area (Å²) in [7, 11) is 0. The molecule has 0 saturated carbocycles. The number of halogens is 1. The standard InChI is InChI=1S/C10H14BrNOS/c1-2-8-5-13-9(4-12-8)10-3-7(11)6-14-10/h3,6,8-9,12H,2,4-5H2,1H3. The van der Waals surface area contributed by atoms with Gasteiger partial charge in [0.1, 0.15) is 6.10 Å². The van der Waals surface area contributed by atoms with Crippen LogP contribution in [0.15, 0.2) is 15.9 Å². The van der Waals surface area contributed by atoms with Crippen LogP contribution >= 0.6 is 27.3 Å². The van der Waals surface area contributed by atoms with E-state index in [0.29, 0.717) is 6.04 Å². The summed E-state index contributed by atoms with van der Waals surface area (Å²) in [6.45, 7) is 3.95. The third-order valence-corrected chi connectivity index (χ3v) is 4.27. The molecule has 2 unspecified atom stereocenters. The van der Waals surface area contributed by atoms with E-state index in [1.54, 1.807) is 11.3 Å². The van der Waals surface area contributed by atoms with Gasteiger partial charge in [-0.3, -0.25) is 0 Å². The van der Waals surface area contributed by atoms with Crippen molar-refractivity contribution in [2.45, 2.75) is 25.5 Å². The minimum Gasteiger partial charge on any atom is -0.370 e. The maximum atomic E-state index is 5.81. The minimum absolute atomic E-state index is 0.245. The van der Waals surface area contributed by atoms with Crippen LogP contribution in [-0.4, -0.2) is 19.2 Å². The average Bonchev–Trinajstić information content (AvgIpc) is 2.65. The number of rotatable bonds is 2. The zero-order valence-electron chi connectivity index (χ0n) is 8.13. The molecule has 1 aliphatic heterocycles. The first-order valence-corrected chi connectivity index (χ1v) is 6.55. The van der Waals surface area contributed by atoms with Crippen molar-refractivity contribution < 1.29 is 4.74 Å². The molecule has 1 aliphatic rings. The molecular weight excluding hydrogens is 262 g/mol. The molecule has 0 amide bonds. The molecule has 4 heteroatoms. The van der Waals surface area contributed by atoms with Crippen LogP contribution in [0.3, 0.4) is 0 Å². The highest BCUT2D eigenvalue weighted by Crippen LogP contribution is 2.29. The smallest absolute Gasteiger partial charge is 0.104 e. The normalized spacial score (nSPS) is 27.9. The molecule has 2 nitrogen and oxygen atoms in total. The summed E-state index contributed by atoms with van der Waals surface area (Å²) in [6.07, 6.45) is 1.38. The van der Waals surface area contributed by atoms with Crippen molar-refractivity contribution in [3.8, 4) is 0 Å². The molecule has 14 heavy (non-hydrogen) atoms. The molecule has 1 fully saturated rings. The predicted octanol–water partition coefficient (Wildman–Crippen LogP) is 2.95. The maximum Gasteiger partial charge on any atom is 0.104 e. The Morgan fingerprint density at radius 1 is 1.71 bits per heavy atom. The molecular formula is C10H14BrNOS. The van der Waals surface area contributed by atoms with E-state index in [9.17, 15) is 0 Å². The molecule has 1 aromatic heterocycles.